The van der Waals surface area contributed by atoms with E-state index in [0.717, 1.165) is 13.1 Å². The van der Waals surface area contributed by atoms with Gasteiger partial charge in [-0.15, -0.1) is 6.58 Å². The van der Waals surface area contributed by atoms with E-state index in [4.69, 9.17) is 0 Å². The van der Waals surface area contributed by atoms with Crippen molar-refractivity contribution < 1.29 is 0 Å². The van der Waals surface area contributed by atoms with E-state index in [1.807, 2.05) is 6.08 Å². The highest BCUT2D eigenvalue weighted by atomic mass is 15.1. The van der Waals surface area contributed by atoms with Crippen LogP contribution in [0.1, 0.15) is 20.8 Å². The lowest BCUT2D eigenvalue weighted by Crippen LogP contribution is -2.29. The molecule has 0 spiro atoms. The summed E-state index contributed by atoms with van der Waals surface area (Å²) >= 11 is 0. The zero-order valence-electron chi connectivity index (χ0n) is 7.65. The summed E-state index contributed by atoms with van der Waals surface area (Å²) in [5, 5.41) is 0. The van der Waals surface area contributed by atoms with E-state index in [1.54, 1.807) is 0 Å². The quantitative estimate of drug-likeness (QED) is 0.544. The molecule has 0 aliphatic heterocycles. The normalized spacial score (nSPS) is 12.1. The Hall–Kier alpha value is -0.300. The topological polar surface area (TPSA) is 3.24 Å². The van der Waals surface area contributed by atoms with Gasteiger partial charge in [0.15, 0.2) is 0 Å². The van der Waals surface area contributed by atoms with Gasteiger partial charge in [0.05, 0.1) is 0 Å². The minimum absolute atomic E-state index is 0.401. The fourth-order valence-corrected chi connectivity index (χ4v) is 1.09. The van der Waals surface area contributed by atoms with E-state index < -0.39 is 0 Å². The Morgan fingerprint density at radius 2 is 1.90 bits per heavy atom. The fraction of sp³-hybridized carbons (Fsp3) is 0.778. The highest BCUT2D eigenvalue weighted by molar-refractivity contribution is 4.74. The van der Waals surface area contributed by atoms with Gasteiger partial charge in [0.1, 0.15) is 0 Å². The Morgan fingerprint density at radius 3 is 2.20 bits per heavy atom. The molecule has 0 atom stereocenters. The highest BCUT2D eigenvalue weighted by Gasteiger charge is 2.11. The summed E-state index contributed by atoms with van der Waals surface area (Å²) in [6, 6.07) is 0. The van der Waals surface area contributed by atoms with Crippen molar-refractivity contribution in [1.82, 2.24) is 4.90 Å². The second-order valence-electron chi connectivity index (χ2n) is 4.05. The molecule has 10 heavy (non-hydrogen) atoms. The second-order valence-corrected chi connectivity index (χ2v) is 4.05. The van der Waals surface area contributed by atoms with Crippen LogP contribution in [0.25, 0.3) is 0 Å². The second kappa shape index (κ2) is 3.77. The van der Waals surface area contributed by atoms with Crippen LogP contribution in [0.2, 0.25) is 0 Å². The predicted octanol–water partition coefficient (Wildman–Crippen LogP) is 2.15. The first kappa shape index (κ1) is 9.70. The Labute approximate surface area is 64.7 Å². The Balaban J connectivity index is 3.56. The number of hydrogen-bond acceptors (Lipinski definition) is 1. The van der Waals surface area contributed by atoms with Crippen LogP contribution in [-0.4, -0.2) is 25.0 Å². The van der Waals surface area contributed by atoms with Crippen molar-refractivity contribution >= 4 is 0 Å². The third-order valence-electron chi connectivity index (χ3n) is 1.19. The summed E-state index contributed by atoms with van der Waals surface area (Å²) in [7, 11) is 2.12. The van der Waals surface area contributed by atoms with Crippen molar-refractivity contribution in [2.24, 2.45) is 5.41 Å². The smallest absolute Gasteiger partial charge is 0.0157 e. The first-order chi connectivity index (χ1) is 4.45. The standard InChI is InChI=1S/C9H19N/c1-6-7-10(5)8-9(2,3)4/h6H,1,7-8H2,2-5H3. The molecule has 0 amide bonds. The summed E-state index contributed by atoms with van der Waals surface area (Å²) in [5.41, 5.74) is 0.401. The molecule has 0 aliphatic rings. The molecule has 0 N–H and O–H groups in total. The third-order valence-corrected chi connectivity index (χ3v) is 1.19. The lowest BCUT2D eigenvalue weighted by Gasteiger charge is -2.25. The molecule has 0 saturated heterocycles. The van der Waals surface area contributed by atoms with Crippen LogP contribution >= 0.6 is 0 Å². The number of rotatable bonds is 3. The zero-order chi connectivity index (χ0) is 8.20. The van der Waals surface area contributed by atoms with Crippen molar-refractivity contribution in [2.45, 2.75) is 20.8 Å². The molecule has 0 aromatic carbocycles. The number of nitrogens with zero attached hydrogens (tertiary/aromatic N) is 1. The van der Waals surface area contributed by atoms with E-state index in [1.165, 1.54) is 0 Å². The molecule has 0 aromatic heterocycles. The van der Waals surface area contributed by atoms with Gasteiger partial charge >= 0.3 is 0 Å². The molecule has 0 aromatic rings. The Kier molecular flexibility index (Phi) is 3.66. The first-order valence-corrected chi connectivity index (χ1v) is 3.75. The molecule has 0 fully saturated rings. The van der Waals surface area contributed by atoms with E-state index in [2.05, 4.69) is 39.3 Å². The molecule has 0 aliphatic carbocycles. The van der Waals surface area contributed by atoms with Crippen molar-refractivity contribution in [3.63, 3.8) is 0 Å². The van der Waals surface area contributed by atoms with Crippen LogP contribution < -0.4 is 0 Å². The maximum absolute atomic E-state index is 3.69. The van der Waals surface area contributed by atoms with Crippen molar-refractivity contribution in [2.75, 3.05) is 20.1 Å². The van der Waals surface area contributed by atoms with Gasteiger partial charge in [-0.3, -0.25) is 0 Å². The van der Waals surface area contributed by atoms with Crippen LogP contribution in [-0.2, 0) is 0 Å². The van der Waals surface area contributed by atoms with Gasteiger partial charge < -0.3 is 4.90 Å². The highest BCUT2D eigenvalue weighted by Crippen LogP contribution is 2.13. The van der Waals surface area contributed by atoms with Gasteiger partial charge in [0.2, 0.25) is 0 Å². The third kappa shape index (κ3) is 5.83. The van der Waals surface area contributed by atoms with Crippen molar-refractivity contribution in [1.29, 1.82) is 0 Å². The van der Waals surface area contributed by atoms with Gasteiger partial charge in [-0.05, 0) is 12.5 Å². The fourth-order valence-electron chi connectivity index (χ4n) is 1.09. The summed E-state index contributed by atoms with van der Waals surface area (Å²) in [5.74, 6) is 0. The number of likely N-dealkylation sites (N-methyl/N-ethyl adjacent to an activating group) is 1. The van der Waals surface area contributed by atoms with Crippen molar-refractivity contribution in [3.05, 3.63) is 12.7 Å². The van der Waals surface area contributed by atoms with E-state index in [-0.39, 0.29) is 0 Å². The molecule has 0 heterocycles. The molecular weight excluding hydrogens is 122 g/mol. The summed E-state index contributed by atoms with van der Waals surface area (Å²) < 4.78 is 0. The number of hydrogen-bond donors (Lipinski definition) is 0. The van der Waals surface area contributed by atoms with Gasteiger partial charge in [0.25, 0.3) is 0 Å². The average Bonchev–Trinajstić information content (AvgIpc) is 1.59. The maximum Gasteiger partial charge on any atom is 0.0157 e. The summed E-state index contributed by atoms with van der Waals surface area (Å²) in [6.45, 7) is 12.5. The van der Waals surface area contributed by atoms with Crippen LogP contribution in [0.5, 0.6) is 0 Å². The van der Waals surface area contributed by atoms with Crippen LogP contribution in [0.15, 0.2) is 12.7 Å². The largest absolute Gasteiger partial charge is 0.302 e. The molecule has 0 rings (SSSR count). The lowest BCUT2D eigenvalue weighted by atomic mass is 9.96. The van der Waals surface area contributed by atoms with Crippen LogP contribution in [0, 0.1) is 5.41 Å². The lowest BCUT2D eigenvalue weighted by molar-refractivity contribution is 0.244. The SMILES string of the molecule is C=CCN(C)CC(C)(C)C. The van der Waals surface area contributed by atoms with Gasteiger partial charge in [0, 0.05) is 13.1 Å². The molecule has 0 saturated carbocycles. The van der Waals surface area contributed by atoms with Gasteiger partial charge in [-0.2, -0.15) is 0 Å². The molecule has 0 radical (unpaired) electrons. The van der Waals surface area contributed by atoms with E-state index in [9.17, 15) is 0 Å². The Bertz CT molecular complexity index is 99.8. The molecule has 60 valence electrons. The molecule has 1 nitrogen and oxygen atoms in total. The van der Waals surface area contributed by atoms with Crippen molar-refractivity contribution in [3.8, 4) is 0 Å². The molecule has 1 heteroatoms. The predicted molar refractivity (Wildman–Crippen MR) is 47.1 cm³/mol. The summed E-state index contributed by atoms with van der Waals surface area (Å²) in [4.78, 5) is 2.27. The van der Waals surface area contributed by atoms with Gasteiger partial charge in [-0.1, -0.05) is 26.8 Å². The minimum Gasteiger partial charge on any atom is -0.302 e. The summed E-state index contributed by atoms with van der Waals surface area (Å²) in [6.07, 6.45) is 1.94. The molecule has 0 bridgehead atoms. The Morgan fingerprint density at radius 1 is 1.40 bits per heavy atom. The van der Waals surface area contributed by atoms with E-state index >= 15 is 0 Å². The van der Waals surface area contributed by atoms with Crippen LogP contribution in [0.3, 0.4) is 0 Å². The monoisotopic (exact) mass is 141 g/mol. The van der Waals surface area contributed by atoms with E-state index in [0.29, 0.717) is 5.41 Å². The zero-order valence-corrected chi connectivity index (χ0v) is 7.65. The molecule has 0 unspecified atom stereocenters. The van der Waals surface area contributed by atoms with Gasteiger partial charge in [-0.25, -0.2) is 0 Å². The van der Waals surface area contributed by atoms with Crippen LogP contribution in [0.4, 0.5) is 0 Å². The average molecular weight is 141 g/mol. The molecular formula is C9H19N. The minimum atomic E-state index is 0.401. The maximum atomic E-state index is 3.69. The first-order valence-electron chi connectivity index (χ1n) is 3.75.